The average molecular weight is 349 g/mol. The van der Waals surface area contributed by atoms with E-state index in [0.29, 0.717) is 5.88 Å². The van der Waals surface area contributed by atoms with Crippen molar-refractivity contribution in [2.24, 2.45) is 0 Å². The van der Waals surface area contributed by atoms with E-state index in [1.54, 1.807) is 0 Å². The number of benzene rings is 1. The van der Waals surface area contributed by atoms with Crippen LogP contribution in [0.25, 0.3) is 0 Å². The van der Waals surface area contributed by atoms with E-state index < -0.39 is 17.2 Å². The normalized spacial score (nSPS) is 16.6. The molecule has 0 bridgehead atoms. The van der Waals surface area contributed by atoms with Crippen LogP contribution in [-0.4, -0.2) is 46.3 Å². The number of aliphatic hydroxyl groups is 1. The number of rotatable bonds is 3. The maximum atomic E-state index is 14.0. The molecule has 3 rings (SSSR count). The highest BCUT2D eigenvalue weighted by Crippen LogP contribution is 2.36. The molecular weight excluding hydrogens is 332 g/mol. The Hall–Kier alpha value is -2.61. The molecule has 1 amide bonds. The zero-order chi connectivity index (χ0) is 18.0. The number of carbonyl (C=O) groups excluding carboxylic acids is 1. The topological polar surface area (TPSA) is 75.5 Å². The minimum atomic E-state index is -1.64. The number of piperidine rings is 1. The first-order valence-corrected chi connectivity index (χ1v) is 7.78. The summed E-state index contributed by atoms with van der Waals surface area (Å²) >= 11 is 0. The largest absolute Gasteiger partial charge is 0.480 e. The molecule has 6 nitrogen and oxygen atoms in total. The molecule has 0 unspecified atom stereocenters. The van der Waals surface area contributed by atoms with Crippen molar-refractivity contribution in [3.63, 3.8) is 0 Å². The number of hydrogen-bond donors (Lipinski definition) is 1. The quantitative estimate of drug-likeness (QED) is 0.916. The van der Waals surface area contributed by atoms with Gasteiger partial charge >= 0.3 is 0 Å². The predicted octanol–water partition coefficient (Wildman–Crippen LogP) is 1.89. The van der Waals surface area contributed by atoms with Crippen LogP contribution in [0.4, 0.5) is 8.78 Å². The maximum Gasteiger partial charge on any atom is 0.274 e. The van der Waals surface area contributed by atoms with Gasteiger partial charge < -0.3 is 14.7 Å². The molecule has 132 valence electrons. The minimum absolute atomic E-state index is 0.0280. The van der Waals surface area contributed by atoms with Crippen molar-refractivity contribution in [2.75, 3.05) is 20.2 Å². The molecule has 0 radical (unpaired) electrons. The number of aromatic nitrogens is 2. The second kappa shape index (κ2) is 6.72. The van der Waals surface area contributed by atoms with Gasteiger partial charge in [0, 0.05) is 19.2 Å². The van der Waals surface area contributed by atoms with Crippen LogP contribution in [0.5, 0.6) is 5.88 Å². The minimum Gasteiger partial charge on any atom is -0.480 e. The lowest BCUT2D eigenvalue weighted by molar-refractivity contribution is -0.0263. The monoisotopic (exact) mass is 349 g/mol. The lowest BCUT2D eigenvalue weighted by Gasteiger charge is -2.38. The number of amides is 1. The fourth-order valence-corrected chi connectivity index (χ4v) is 2.98. The first kappa shape index (κ1) is 17.2. The summed E-state index contributed by atoms with van der Waals surface area (Å²) < 4.78 is 32.8. The highest BCUT2D eigenvalue weighted by atomic mass is 19.1. The van der Waals surface area contributed by atoms with Crippen molar-refractivity contribution >= 4 is 5.91 Å². The molecule has 25 heavy (non-hydrogen) atoms. The third-order valence-corrected chi connectivity index (χ3v) is 4.37. The van der Waals surface area contributed by atoms with Crippen LogP contribution in [0.3, 0.4) is 0 Å². The lowest BCUT2D eigenvalue weighted by atomic mass is 9.83. The van der Waals surface area contributed by atoms with Crippen LogP contribution in [0.1, 0.15) is 28.9 Å². The Labute approximate surface area is 143 Å². The van der Waals surface area contributed by atoms with Gasteiger partial charge in [0.1, 0.15) is 11.6 Å². The van der Waals surface area contributed by atoms with Crippen molar-refractivity contribution in [1.29, 1.82) is 0 Å². The van der Waals surface area contributed by atoms with Crippen molar-refractivity contribution in [3.05, 3.63) is 53.2 Å². The SMILES string of the molecule is COc1ccc(C(=O)N2CCC(O)(c3c(F)cccc3F)CC2)nn1. The van der Waals surface area contributed by atoms with Gasteiger partial charge in [-0.1, -0.05) is 6.07 Å². The molecule has 2 heterocycles. The summed E-state index contributed by atoms with van der Waals surface area (Å²) in [6.07, 6.45) is 0.0559. The number of methoxy groups -OCH3 is 1. The molecular formula is C17H17F2N3O3. The molecule has 1 aliphatic rings. The molecule has 1 N–H and O–H groups in total. The number of likely N-dealkylation sites (tertiary alicyclic amines) is 1. The van der Waals surface area contributed by atoms with Crippen LogP contribution in [0, 0.1) is 11.6 Å². The van der Waals surface area contributed by atoms with E-state index in [1.165, 1.54) is 30.2 Å². The zero-order valence-corrected chi connectivity index (χ0v) is 13.6. The Balaban J connectivity index is 1.73. The molecule has 1 saturated heterocycles. The summed E-state index contributed by atoms with van der Waals surface area (Å²) in [5, 5.41) is 18.2. The maximum absolute atomic E-state index is 14.0. The van der Waals surface area contributed by atoms with Crippen molar-refractivity contribution in [1.82, 2.24) is 15.1 Å². The third kappa shape index (κ3) is 3.30. The van der Waals surface area contributed by atoms with Gasteiger partial charge in [0.25, 0.3) is 5.91 Å². The van der Waals surface area contributed by atoms with Crippen LogP contribution in [-0.2, 0) is 5.60 Å². The van der Waals surface area contributed by atoms with E-state index in [-0.39, 0.29) is 43.1 Å². The Morgan fingerprint density at radius 3 is 2.32 bits per heavy atom. The van der Waals surface area contributed by atoms with Gasteiger partial charge in [-0.2, -0.15) is 0 Å². The molecule has 8 heteroatoms. The highest BCUT2D eigenvalue weighted by Gasteiger charge is 2.39. The van der Waals surface area contributed by atoms with Crippen LogP contribution in [0.2, 0.25) is 0 Å². The first-order chi connectivity index (χ1) is 11.9. The van der Waals surface area contributed by atoms with E-state index in [2.05, 4.69) is 10.2 Å². The van der Waals surface area contributed by atoms with Crippen LogP contribution >= 0.6 is 0 Å². The summed E-state index contributed by atoms with van der Waals surface area (Å²) in [6.45, 7) is 0.299. The molecule has 0 spiro atoms. The van der Waals surface area contributed by atoms with Gasteiger partial charge in [0.05, 0.1) is 18.3 Å². The van der Waals surface area contributed by atoms with E-state index in [9.17, 15) is 18.7 Å². The number of carbonyl (C=O) groups is 1. The van der Waals surface area contributed by atoms with Crippen molar-refractivity contribution in [2.45, 2.75) is 18.4 Å². The lowest BCUT2D eigenvalue weighted by Crippen LogP contribution is -2.46. The smallest absolute Gasteiger partial charge is 0.274 e. The molecule has 2 aromatic rings. The van der Waals surface area contributed by atoms with Crippen molar-refractivity contribution in [3.8, 4) is 5.88 Å². The van der Waals surface area contributed by atoms with E-state index in [4.69, 9.17) is 4.74 Å². The summed E-state index contributed by atoms with van der Waals surface area (Å²) in [5.41, 5.74) is -1.84. The second-order valence-corrected chi connectivity index (χ2v) is 5.88. The Morgan fingerprint density at radius 1 is 1.16 bits per heavy atom. The van der Waals surface area contributed by atoms with Gasteiger partial charge in [0.15, 0.2) is 5.69 Å². The zero-order valence-electron chi connectivity index (χ0n) is 13.6. The summed E-state index contributed by atoms with van der Waals surface area (Å²) in [4.78, 5) is 13.9. The molecule has 1 aliphatic heterocycles. The standard InChI is InChI=1S/C17H17F2N3O3/c1-25-14-6-5-13(20-21-14)16(23)22-9-7-17(24,8-10-22)15-11(18)3-2-4-12(15)19/h2-6,24H,7-10H2,1H3. The molecule has 1 aromatic carbocycles. The van der Waals surface area contributed by atoms with E-state index in [0.717, 1.165) is 12.1 Å². The summed E-state index contributed by atoms with van der Waals surface area (Å²) in [6, 6.07) is 6.49. The number of nitrogens with zero attached hydrogens (tertiary/aromatic N) is 3. The van der Waals surface area contributed by atoms with Crippen LogP contribution < -0.4 is 4.74 Å². The molecule has 0 saturated carbocycles. The van der Waals surface area contributed by atoms with Crippen molar-refractivity contribution < 1.29 is 23.4 Å². The van der Waals surface area contributed by atoms with Gasteiger partial charge in [-0.05, 0) is 31.0 Å². The van der Waals surface area contributed by atoms with Gasteiger partial charge in [-0.3, -0.25) is 4.79 Å². The Morgan fingerprint density at radius 2 is 1.80 bits per heavy atom. The summed E-state index contributed by atoms with van der Waals surface area (Å²) in [5.74, 6) is -1.64. The Bertz CT molecular complexity index is 755. The van der Waals surface area contributed by atoms with E-state index in [1.807, 2.05) is 0 Å². The molecule has 1 fully saturated rings. The van der Waals surface area contributed by atoms with Gasteiger partial charge in [-0.15, -0.1) is 10.2 Å². The fraction of sp³-hybridized carbons (Fsp3) is 0.353. The first-order valence-electron chi connectivity index (χ1n) is 7.78. The van der Waals surface area contributed by atoms with Gasteiger partial charge in [-0.25, -0.2) is 8.78 Å². The predicted molar refractivity (Wildman–Crippen MR) is 84.0 cm³/mol. The molecule has 0 aliphatic carbocycles. The van der Waals surface area contributed by atoms with Crippen LogP contribution in [0.15, 0.2) is 30.3 Å². The number of halogens is 2. The third-order valence-electron chi connectivity index (χ3n) is 4.37. The van der Waals surface area contributed by atoms with E-state index >= 15 is 0 Å². The molecule has 0 atom stereocenters. The number of ether oxygens (including phenoxy) is 1. The second-order valence-electron chi connectivity index (χ2n) is 5.88. The number of hydrogen-bond acceptors (Lipinski definition) is 5. The average Bonchev–Trinajstić information content (AvgIpc) is 2.61. The molecule has 1 aromatic heterocycles. The summed E-state index contributed by atoms with van der Waals surface area (Å²) in [7, 11) is 1.44. The Kier molecular flexibility index (Phi) is 4.63. The fourth-order valence-electron chi connectivity index (χ4n) is 2.98. The van der Waals surface area contributed by atoms with Gasteiger partial charge in [0.2, 0.25) is 5.88 Å². The highest BCUT2D eigenvalue weighted by molar-refractivity contribution is 5.92.